The molecule has 7 heteroatoms. The van der Waals surface area contributed by atoms with Crippen molar-refractivity contribution in [3.8, 4) is 0 Å². The minimum absolute atomic E-state index is 0.0334. The summed E-state index contributed by atoms with van der Waals surface area (Å²) in [7, 11) is 0. The van der Waals surface area contributed by atoms with E-state index < -0.39 is 0 Å². The van der Waals surface area contributed by atoms with Crippen molar-refractivity contribution in [2.24, 2.45) is 0 Å². The fourth-order valence-corrected chi connectivity index (χ4v) is 5.74. The molecule has 3 aliphatic rings. The summed E-state index contributed by atoms with van der Waals surface area (Å²) in [5.41, 5.74) is 9.93. The predicted octanol–water partition coefficient (Wildman–Crippen LogP) is 2.83. The zero-order chi connectivity index (χ0) is 18.4. The minimum Gasteiger partial charge on any atom is -0.397 e. The van der Waals surface area contributed by atoms with Gasteiger partial charge in [-0.1, -0.05) is 0 Å². The number of morpholine rings is 1. The average molecular weight is 387 g/mol. The maximum absolute atomic E-state index is 13.1. The molecule has 2 N–H and O–H groups in total. The summed E-state index contributed by atoms with van der Waals surface area (Å²) in [5, 5.41) is 1.05. The van der Waals surface area contributed by atoms with Crippen LogP contribution >= 0.6 is 11.3 Å². The number of pyridine rings is 1. The van der Waals surface area contributed by atoms with Gasteiger partial charge in [0, 0.05) is 31.6 Å². The molecule has 2 aromatic rings. The molecule has 0 aromatic carbocycles. The summed E-state index contributed by atoms with van der Waals surface area (Å²) in [4.78, 5) is 24.0. The number of anilines is 2. The average Bonchev–Trinajstić information content (AvgIpc) is 3.36. The number of nitrogens with two attached hydrogens (primary N) is 1. The van der Waals surface area contributed by atoms with Gasteiger partial charge in [0.15, 0.2) is 0 Å². The van der Waals surface area contributed by atoms with Crippen molar-refractivity contribution in [2.45, 2.75) is 38.5 Å². The summed E-state index contributed by atoms with van der Waals surface area (Å²) in [6.07, 6.45) is 7.00. The van der Waals surface area contributed by atoms with Crippen LogP contribution in [0.15, 0.2) is 0 Å². The number of amides is 1. The monoisotopic (exact) mass is 386 g/mol. The molecule has 0 spiro atoms. The van der Waals surface area contributed by atoms with Gasteiger partial charge >= 0.3 is 0 Å². The molecule has 1 amide bonds. The molecule has 0 atom stereocenters. The Morgan fingerprint density at radius 3 is 2.44 bits per heavy atom. The second kappa shape index (κ2) is 6.95. The number of nitrogens with zero attached hydrogens (tertiary/aromatic N) is 3. The van der Waals surface area contributed by atoms with E-state index >= 15 is 0 Å². The first kappa shape index (κ1) is 17.3. The van der Waals surface area contributed by atoms with E-state index in [9.17, 15) is 4.79 Å². The lowest BCUT2D eigenvalue weighted by Crippen LogP contribution is -2.40. The van der Waals surface area contributed by atoms with Crippen molar-refractivity contribution in [1.82, 2.24) is 9.88 Å². The maximum atomic E-state index is 13.1. The van der Waals surface area contributed by atoms with Crippen molar-refractivity contribution in [3.63, 3.8) is 0 Å². The Morgan fingerprint density at radius 1 is 1.00 bits per heavy atom. The van der Waals surface area contributed by atoms with Crippen LogP contribution in [0.25, 0.3) is 10.2 Å². The summed E-state index contributed by atoms with van der Waals surface area (Å²) >= 11 is 1.48. The minimum atomic E-state index is 0.0334. The summed E-state index contributed by atoms with van der Waals surface area (Å²) < 4.78 is 5.38. The molecule has 0 radical (unpaired) electrons. The Kier molecular flexibility index (Phi) is 4.44. The molecular formula is C20H26N4O2S. The molecule has 6 nitrogen and oxygen atoms in total. The van der Waals surface area contributed by atoms with Gasteiger partial charge in [0.1, 0.15) is 15.5 Å². The largest absolute Gasteiger partial charge is 0.397 e. The Morgan fingerprint density at radius 2 is 1.70 bits per heavy atom. The number of aromatic nitrogens is 1. The number of carbonyl (C=O) groups is 1. The van der Waals surface area contributed by atoms with E-state index in [-0.39, 0.29) is 5.91 Å². The lowest BCUT2D eigenvalue weighted by Gasteiger charge is -2.26. The van der Waals surface area contributed by atoms with Gasteiger partial charge in [0.25, 0.3) is 5.91 Å². The molecule has 2 aromatic heterocycles. The zero-order valence-corrected chi connectivity index (χ0v) is 16.4. The number of hydrogen-bond acceptors (Lipinski definition) is 6. The Balaban J connectivity index is 1.63. The highest BCUT2D eigenvalue weighted by Crippen LogP contribution is 2.42. The van der Waals surface area contributed by atoms with E-state index in [0.717, 1.165) is 42.0 Å². The predicted molar refractivity (Wildman–Crippen MR) is 109 cm³/mol. The fourth-order valence-electron chi connectivity index (χ4n) is 4.65. The Bertz CT molecular complexity index is 882. The Labute approximate surface area is 163 Å². The molecule has 2 fully saturated rings. The van der Waals surface area contributed by atoms with Crippen LogP contribution < -0.4 is 10.6 Å². The first-order chi connectivity index (χ1) is 13.2. The normalized spacial score (nSPS) is 20.3. The van der Waals surface area contributed by atoms with Gasteiger partial charge in [0.2, 0.25) is 0 Å². The van der Waals surface area contributed by atoms with Crippen LogP contribution in [0.1, 0.15) is 46.5 Å². The van der Waals surface area contributed by atoms with Crippen molar-refractivity contribution < 1.29 is 9.53 Å². The van der Waals surface area contributed by atoms with Crippen molar-refractivity contribution in [1.29, 1.82) is 0 Å². The van der Waals surface area contributed by atoms with Gasteiger partial charge < -0.3 is 20.3 Å². The smallest absolute Gasteiger partial charge is 0.266 e. The van der Waals surface area contributed by atoms with E-state index in [1.165, 1.54) is 48.1 Å². The highest BCUT2D eigenvalue weighted by atomic mass is 32.1. The van der Waals surface area contributed by atoms with Crippen molar-refractivity contribution in [3.05, 3.63) is 16.0 Å². The van der Waals surface area contributed by atoms with Gasteiger partial charge in [-0.2, -0.15) is 0 Å². The number of aryl methyl sites for hydroxylation is 1. The van der Waals surface area contributed by atoms with Crippen LogP contribution in [0.4, 0.5) is 11.5 Å². The van der Waals surface area contributed by atoms with Crippen molar-refractivity contribution >= 4 is 39.0 Å². The standard InChI is InChI=1S/C20H26N4O2S/c21-16-15-13-5-1-2-6-14(13)18(23-7-3-4-8-23)22-19(15)27-17(16)20(25)24-9-11-26-12-10-24/h1-12,21H2. The number of carbonyl (C=O) groups excluding carboxylic acids is 1. The number of fused-ring (bicyclic) bond motifs is 3. The molecule has 4 heterocycles. The number of hydrogen-bond donors (Lipinski definition) is 1. The molecule has 2 aliphatic heterocycles. The van der Waals surface area contributed by atoms with Crippen LogP contribution in [0.2, 0.25) is 0 Å². The molecule has 0 bridgehead atoms. The van der Waals surface area contributed by atoms with Gasteiger partial charge in [-0.25, -0.2) is 4.98 Å². The molecule has 5 rings (SSSR count). The lowest BCUT2D eigenvalue weighted by atomic mass is 9.89. The summed E-state index contributed by atoms with van der Waals surface area (Å²) in [6.45, 7) is 4.65. The first-order valence-corrected chi connectivity index (χ1v) is 10.9. The number of ether oxygens (including phenoxy) is 1. The van der Waals surface area contributed by atoms with Crippen LogP contribution in [0.5, 0.6) is 0 Å². The third kappa shape index (κ3) is 2.88. The topological polar surface area (TPSA) is 71.7 Å². The maximum Gasteiger partial charge on any atom is 0.266 e. The van der Waals surface area contributed by atoms with Crippen LogP contribution in [0.3, 0.4) is 0 Å². The van der Waals surface area contributed by atoms with Crippen LogP contribution in [-0.2, 0) is 17.6 Å². The molecule has 0 unspecified atom stereocenters. The first-order valence-electron chi connectivity index (χ1n) is 10.1. The molecule has 2 saturated heterocycles. The van der Waals surface area contributed by atoms with E-state index in [4.69, 9.17) is 15.5 Å². The van der Waals surface area contributed by atoms with Crippen LogP contribution in [-0.4, -0.2) is 55.2 Å². The third-order valence-electron chi connectivity index (χ3n) is 6.07. The van der Waals surface area contributed by atoms with Crippen molar-refractivity contribution in [2.75, 3.05) is 50.0 Å². The van der Waals surface area contributed by atoms with E-state index in [2.05, 4.69) is 4.90 Å². The van der Waals surface area contributed by atoms with Gasteiger partial charge in [0.05, 0.1) is 18.9 Å². The number of nitrogen functional groups attached to an aromatic ring is 1. The number of rotatable bonds is 2. The Hall–Kier alpha value is -1.86. The summed E-state index contributed by atoms with van der Waals surface area (Å²) in [5.74, 6) is 1.19. The van der Waals surface area contributed by atoms with E-state index in [0.29, 0.717) is 36.9 Å². The molecule has 27 heavy (non-hydrogen) atoms. The highest BCUT2D eigenvalue weighted by molar-refractivity contribution is 7.21. The van der Waals surface area contributed by atoms with Gasteiger partial charge in [-0.3, -0.25) is 4.79 Å². The van der Waals surface area contributed by atoms with Crippen LogP contribution in [0, 0.1) is 0 Å². The van der Waals surface area contributed by atoms with E-state index in [1.807, 2.05) is 4.90 Å². The third-order valence-corrected chi connectivity index (χ3v) is 7.16. The second-order valence-electron chi connectivity index (χ2n) is 7.72. The molecule has 1 aliphatic carbocycles. The van der Waals surface area contributed by atoms with Gasteiger partial charge in [-0.15, -0.1) is 11.3 Å². The second-order valence-corrected chi connectivity index (χ2v) is 8.72. The van der Waals surface area contributed by atoms with Gasteiger partial charge in [-0.05, 0) is 49.7 Å². The molecule has 0 saturated carbocycles. The molecule has 144 valence electrons. The fraction of sp³-hybridized carbons (Fsp3) is 0.600. The highest BCUT2D eigenvalue weighted by Gasteiger charge is 2.29. The quantitative estimate of drug-likeness (QED) is 0.859. The lowest BCUT2D eigenvalue weighted by molar-refractivity contribution is 0.0307. The SMILES string of the molecule is Nc1c(C(=O)N2CCOCC2)sc2nc(N3CCCC3)c3c(c12)CCCC3. The molecular weight excluding hydrogens is 360 g/mol. The zero-order valence-electron chi connectivity index (χ0n) is 15.6. The summed E-state index contributed by atoms with van der Waals surface area (Å²) in [6, 6.07) is 0. The number of thiophene rings is 1. The van der Waals surface area contributed by atoms with E-state index in [1.54, 1.807) is 0 Å².